The minimum Gasteiger partial charge on any atom is -0.497 e. The molecule has 2 aromatic rings. The molecule has 35 heavy (non-hydrogen) atoms. The molecule has 1 unspecified atom stereocenters. The fourth-order valence-electron chi connectivity index (χ4n) is 4.95. The molecule has 2 atom stereocenters. The highest BCUT2D eigenvalue weighted by molar-refractivity contribution is 5.78. The van der Waals surface area contributed by atoms with E-state index < -0.39 is 6.09 Å². The Labute approximate surface area is 208 Å². The van der Waals surface area contributed by atoms with Gasteiger partial charge in [-0.2, -0.15) is 0 Å². The van der Waals surface area contributed by atoms with Crippen LogP contribution in [0, 0.1) is 5.41 Å². The number of piperidine rings is 1. The maximum absolute atomic E-state index is 12.6. The summed E-state index contributed by atoms with van der Waals surface area (Å²) in [5, 5.41) is 15.4. The summed E-state index contributed by atoms with van der Waals surface area (Å²) < 4.78 is 5.18. The van der Waals surface area contributed by atoms with Gasteiger partial charge < -0.3 is 20.5 Å². The second kappa shape index (κ2) is 12.1. The predicted octanol–water partition coefficient (Wildman–Crippen LogP) is 4.63. The van der Waals surface area contributed by atoms with E-state index in [1.807, 2.05) is 54.6 Å². The summed E-state index contributed by atoms with van der Waals surface area (Å²) in [5.41, 5.74) is 1.91. The van der Waals surface area contributed by atoms with Crippen molar-refractivity contribution in [2.45, 2.75) is 64.6 Å². The highest BCUT2D eigenvalue weighted by Crippen LogP contribution is 2.34. The number of hydrogen-bond donors (Lipinski definition) is 3. The number of rotatable bonds is 9. The van der Waals surface area contributed by atoms with Gasteiger partial charge in [-0.05, 0) is 47.9 Å². The van der Waals surface area contributed by atoms with Crippen molar-refractivity contribution in [3.63, 3.8) is 0 Å². The number of carboxylic acid groups (broad SMARTS) is 1. The number of hydrogen-bond acceptors (Lipinski definition) is 4. The van der Waals surface area contributed by atoms with Crippen LogP contribution in [0.2, 0.25) is 0 Å². The second-order valence-electron chi connectivity index (χ2n) is 10.4. The monoisotopic (exact) mass is 481 g/mol. The Hall–Kier alpha value is -3.06. The van der Waals surface area contributed by atoms with E-state index in [0.29, 0.717) is 12.8 Å². The first kappa shape index (κ1) is 26.5. The van der Waals surface area contributed by atoms with Crippen molar-refractivity contribution in [1.29, 1.82) is 0 Å². The molecule has 0 bridgehead atoms. The average molecular weight is 482 g/mol. The third-order valence-corrected chi connectivity index (χ3v) is 6.82. The van der Waals surface area contributed by atoms with Crippen LogP contribution in [-0.2, 0) is 11.2 Å². The number of nitrogens with one attached hydrogen (secondary N) is 2. The van der Waals surface area contributed by atoms with E-state index in [0.717, 1.165) is 42.8 Å². The van der Waals surface area contributed by atoms with Gasteiger partial charge in [0.25, 0.3) is 0 Å². The minimum atomic E-state index is -1.01. The normalized spacial score (nSPS) is 16.8. The van der Waals surface area contributed by atoms with E-state index in [-0.39, 0.29) is 29.4 Å². The molecular formula is C28H39N3O4. The lowest BCUT2D eigenvalue weighted by Crippen LogP contribution is -2.52. The maximum atomic E-state index is 12.6. The second-order valence-corrected chi connectivity index (χ2v) is 10.4. The van der Waals surface area contributed by atoms with Crippen LogP contribution < -0.4 is 15.4 Å². The molecule has 190 valence electrons. The largest absolute Gasteiger partial charge is 0.497 e. The number of likely N-dealkylation sites (tertiary alicyclic amines) is 1. The van der Waals surface area contributed by atoms with Crippen molar-refractivity contribution >= 4 is 12.0 Å². The fourth-order valence-corrected chi connectivity index (χ4v) is 4.95. The molecule has 1 heterocycles. The Kier molecular flexibility index (Phi) is 9.15. The summed E-state index contributed by atoms with van der Waals surface area (Å²) in [6.45, 7) is 8.36. The van der Waals surface area contributed by atoms with E-state index in [1.54, 1.807) is 7.11 Å². The predicted molar refractivity (Wildman–Crippen MR) is 138 cm³/mol. The molecule has 3 N–H and O–H groups in total. The van der Waals surface area contributed by atoms with Crippen LogP contribution in [0.1, 0.15) is 57.2 Å². The summed E-state index contributed by atoms with van der Waals surface area (Å²) in [4.78, 5) is 26.6. The minimum absolute atomic E-state index is 0.0301. The lowest BCUT2D eigenvalue weighted by molar-refractivity contribution is -0.121. The molecule has 1 saturated heterocycles. The van der Waals surface area contributed by atoms with E-state index in [1.165, 1.54) is 0 Å². The Morgan fingerprint density at radius 3 is 2.23 bits per heavy atom. The van der Waals surface area contributed by atoms with Gasteiger partial charge in [0.15, 0.2) is 0 Å². The van der Waals surface area contributed by atoms with Crippen LogP contribution in [0.3, 0.4) is 0 Å². The topological polar surface area (TPSA) is 90.9 Å². The zero-order valence-corrected chi connectivity index (χ0v) is 21.3. The first-order chi connectivity index (χ1) is 16.7. The summed E-state index contributed by atoms with van der Waals surface area (Å²) in [6, 6.07) is 17.4. The highest BCUT2D eigenvalue weighted by atomic mass is 16.5. The van der Waals surface area contributed by atoms with Crippen LogP contribution in [0.4, 0.5) is 4.79 Å². The summed E-state index contributed by atoms with van der Waals surface area (Å²) in [5.74, 6) is 0.818. The molecule has 0 spiro atoms. The van der Waals surface area contributed by atoms with Crippen molar-refractivity contribution in [2.75, 3.05) is 20.2 Å². The SMILES string of the molecule is COc1ccc(CC(=O)NC2CCN(C(C[C@@H](NC(=O)O)c3ccccc3)C(C)(C)C)CC2)cc1. The molecule has 1 aliphatic rings. The first-order valence-electron chi connectivity index (χ1n) is 12.4. The number of benzene rings is 2. The van der Waals surface area contributed by atoms with Crippen LogP contribution in [0.25, 0.3) is 0 Å². The first-order valence-corrected chi connectivity index (χ1v) is 12.4. The number of carbonyl (C=O) groups excluding carboxylic acids is 1. The Morgan fingerprint density at radius 1 is 1.06 bits per heavy atom. The lowest BCUT2D eigenvalue weighted by atomic mass is 9.79. The van der Waals surface area contributed by atoms with Gasteiger partial charge in [0.1, 0.15) is 5.75 Å². The van der Waals surface area contributed by atoms with Crippen molar-refractivity contribution < 1.29 is 19.4 Å². The van der Waals surface area contributed by atoms with Gasteiger partial charge in [-0.15, -0.1) is 0 Å². The van der Waals surface area contributed by atoms with Gasteiger partial charge in [0.05, 0.1) is 19.6 Å². The van der Waals surface area contributed by atoms with Crippen LogP contribution in [0.5, 0.6) is 5.75 Å². The van der Waals surface area contributed by atoms with Gasteiger partial charge in [0.2, 0.25) is 5.91 Å². The molecule has 0 saturated carbocycles. The number of amides is 2. The van der Waals surface area contributed by atoms with Crippen LogP contribution >= 0.6 is 0 Å². The molecule has 3 rings (SSSR count). The van der Waals surface area contributed by atoms with Crippen LogP contribution in [-0.4, -0.2) is 54.3 Å². The van der Waals surface area contributed by atoms with Gasteiger partial charge in [-0.1, -0.05) is 63.2 Å². The summed E-state index contributed by atoms with van der Waals surface area (Å²) in [7, 11) is 1.63. The molecule has 0 aromatic heterocycles. The highest BCUT2D eigenvalue weighted by Gasteiger charge is 2.35. The number of carbonyl (C=O) groups is 2. The standard InChI is InChI=1S/C28H39N3O4/c1-28(2,3)25(19-24(30-27(33)34)21-8-6-5-7-9-21)31-16-14-22(15-17-31)29-26(32)18-20-10-12-23(35-4)13-11-20/h5-13,22,24-25,30H,14-19H2,1-4H3,(H,29,32)(H,33,34)/t24-,25?/m1/s1. The van der Waals surface area contributed by atoms with Crippen molar-refractivity contribution in [1.82, 2.24) is 15.5 Å². The van der Waals surface area contributed by atoms with Crippen molar-refractivity contribution in [2.24, 2.45) is 5.41 Å². The smallest absolute Gasteiger partial charge is 0.405 e. The zero-order chi connectivity index (χ0) is 25.4. The maximum Gasteiger partial charge on any atom is 0.405 e. The molecular weight excluding hydrogens is 442 g/mol. The number of nitrogens with zero attached hydrogens (tertiary/aromatic N) is 1. The molecule has 0 radical (unpaired) electrons. The van der Waals surface area contributed by atoms with Gasteiger partial charge in [-0.25, -0.2) is 4.79 Å². The number of methoxy groups -OCH3 is 1. The van der Waals surface area contributed by atoms with E-state index in [9.17, 15) is 14.7 Å². The Balaban J connectivity index is 1.58. The molecule has 0 aliphatic carbocycles. The Bertz CT molecular complexity index is 948. The molecule has 7 nitrogen and oxygen atoms in total. The van der Waals surface area contributed by atoms with Crippen molar-refractivity contribution in [3.8, 4) is 5.75 Å². The van der Waals surface area contributed by atoms with Crippen molar-refractivity contribution in [3.05, 3.63) is 65.7 Å². The summed E-state index contributed by atoms with van der Waals surface area (Å²) in [6.07, 6.45) is 1.79. The number of ether oxygens (including phenoxy) is 1. The fraction of sp³-hybridized carbons (Fsp3) is 0.500. The lowest BCUT2D eigenvalue weighted by Gasteiger charge is -2.45. The Morgan fingerprint density at radius 2 is 1.69 bits per heavy atom. The van der Waals surface area contributed by atoms with Crippen LogP contribution in [0.15, 0.2) is 54.6 Å². The van der Waals surface area contributed by atoms with E-state index >= 15 is 0 Å². The molecule has 1 fully saturated rings. The third kappa shape index (κ3) is 7.99. The molecule has 2 amide bonds. The van der Waals surface area contributed by atoms with E-state index in [4.69, 9.17) is 4.74 Å². The molecule has 2 aromatic carbocycles. The van der Waals surface area contributed by atoms with E-state index in [2.05, 4.69) is 36.3 Å². The molecule has 7 heteroatoms. The average Bonchev–Trinajstić information content (AvgIpc) is 2.82. The molecule has 1 aliphatic heterocycles. The zero-order valence-electron chi connectivity index (χ0n) is 21.3. The quantitative estimate of drug-likeness (QED) is 0.486. The summed E-state index contributed by atoms with van der Waals surface area (Å²) >= 11 is 0. The third-order valence-electron chi connectivity index (χ3n) is 6.82. The van der Waals surface area contributed by atoms with Gasteiger partial charge in [0, 0.05) is 25.2 Å². The van der Waals surface area contributed by atoms with Gasteiger partial charge in [-0.3, -0.25) is 9.69 Å². The van der Waals surface area contributed by atoms with Gasteiger partial charge >= 0.3 is 6.09 Å².